The predicted octanol–water partition coefficient (Wildman–Crippen LogP) is 3.50. The Morgan fingerprint density at radius 2 is 1.80 bits per heavy atom. The van der Waals surface area contributed by atoms with Crippen molar-refractivity contribution in [1.82, 2.24) is 0 Å². The third-order valence-corrected chi connectivity index (χ3v) is 3.99. The SMILES string of the molecule is c1ccc(C2COC3(CCCC3)C2)cc1. The lowest BCUT2D eigenvalue weighted by Crippen LogP contribution is -2.22. The predicted molar refractivity (Wildman–Crippen MR) is 61.0 cm³/mol. The molecule has 0 N–H and O–H groups in total. The molecule has 1 spiro atoms. The highest BCUT2D eigenvalue weighted by Crippen LogP contribution is 2.46. The first kappa shape index (κ1) is 9.41. The lowest BCUT2D eigenvalue weighted by molar-refractivity contribution is 0.0101. The summed E-state index contributed by atoms with van der Waals surface area (Å²) in [7, 11) is 0. The maximum atomic E-state index is 6.07. The minimum Gasteiger partial charge on any atom is -0.374 e. The molecule has 0 radical (unpaired) electrons. The van der Waals surface area contributed by atoms with E-state index in [1.54, 1.807) is 0 Å². The molecule has 3 rings (SSSR count). The minimum atomic E-state index is 0.264. The van der Waals surface area contributed by atoms with E-state index >= 15 is 0 Å². The summed E-state index contributed by atoms with van der Waals surface area (Å²) in [6, 6.07) is 10.8. The van der Waals surface area contributed by atoms with Crippen LogP contribution in [0.25, 0.3) is 0 Å². The highest BCUT2D eigenvalue weighted by Gasteiger charge is 2.42. The first-order valence-electron chi connectivity index (χ1n) is 6.07. The van der Waals surface area contributed by atoms with E-state index in [2.05, 4.69) is 30.3 Å². The lowest BCUT2D eigenvalue weighted by Gasteiger charge is -2.21. The second-order valence-corrected chi connectivity index (χ2v) is 5.01. The van der Waals surface area contributed by atoms with Crippen LogP contribution in [0.3, 0.4) is 0 Å². The van der Waals surface area contributed by atoms with Crippen LogP contribution in [0.4, 0.5) is 0 Å². The van der Waals surface area contributed by atoms with E-state index < -0.39 is 0 Å². The Balaban J connectivity index is 1.76. The van der Waals surface area contributed by atoms with Crippen molar-refractivity contribution in [1.29, 1.82) is 0 Å². The molecule has 1 heteroatoms. The first-order chi connectivity index (χ1) is 7.38. The summed E-state index contributed by atoms with van der Waals surface area (Å²) in [5.41, 5.74) is 1.72. The van der Waals surface area contributed by atoms with Gasteiger partial charge in [0, 0.05) is 5.92 Å². The Morgan fingerprint density at radius 1 is 1.07 bits per heavy atom. The van der Waals surface area contributed by atoms with Gasteiger partial charge in [-0.1, -0.05) is 43.2 Å². The number of hydrogen-bond donors (Lipinski definition) is 0. The molecule has 1 aromatic carbocycles. The molecule has 2 fully saturated rings. The fourth-order valence-corrected chi connectivity index (χ4v) is 3.15. The average molecular weight is 202 g/mol. The topological polar surface area (TPSA) is 9.23 Å². The molecular formula is C14H18O. The second kappa shape index (κ2) is 3.64. The van der Waals surface area contributed by atoms with Crippen molar-refractivity contribution < 1.29 is 4.74 Å². The minimum absolute atomic E-state index is 0.264. The lowest BCUT2D eigenvalue weighted by atomic mass is 9.88. The van der Waals surface area contributed by atoms with Gasteiger partial charge in [0.15, 0.2) is 0 Å². The van der Waals surface area contributed by atoms with E-state index in [1.165, 1.54) is 37.7 Å². The van der Waals surface area contributed by atoms with Gasteiger partial charge in [-0.05, 0) is 24.8 Å². The van der Waals surface area contributed by atoms with Crippen molar-refractivity contribution in [3.8, 4) is 0 Å². The molecule has 80 valence electrons. The van der Waals surface area contributed by atoms with Crippen LogP contribution in [0.2, 0.25) is 0 Å². The summed E-state index contributed by atoms with van der Waals surface area (Å²) in [5.74, 6) is 0.643. The molecular weight excluding hydrogens is 184 g/mol. The molecule has 1 unspecified atom stereocenters. The van der Waals surface area contributed by atoms with Crippen LogP contribution in [-0.4, -0.2) is 12.2 Å². The number of ether oxygens (including phenoxy) is 1. The molecule has 0 amide bonds. The standard InChI is InChI=1S/C14H18O/c1-2-6-12(7-3-1)13-10-14(15-11-13)8-4-5-9-14/h1-3,6-7,13H,4-5,8-11H2. The van der Waals surface area contributed by atoms with Crippen molar-refractivity contribution in [2.45, 2.75) is 43.6 Å². The normalized spacial score (nSPS) is 28.7. The summed E-state index contributed by atoms with van der Waals surface area (Å²) >= 11 is 0. The van der Waals surface area contributed by atoms with E-state index in [-0.39, 0.29) is 5.60 Å². The third-order valence-electron chi connectivity index (χ3n) is 3.99. The number of rotatable bonds is 1. The highest BCUT2D eigenvalue weighted by atomic mass is 16.5. The fourth-order valence-electron chi connectivity index (χ4n) is 3.15. The van der Waals surface area contributed by atoms with Gasteiger partial charge in [0.1, 0.15) is 0 Å². The van der Waals surface area contributed by atoms with Gasteiger partial charge in [-0.2, -0.15) is 0 Å². The summed E-state index contributed by atoms with van der Waals surface area (Å²) in [5, 5.41) is 0. The van der Waals surface area contributed by atoms with Crippen molar-refractivity contribution in [3.05, 3.63) is 35.9 Å². The van der Waals surface area contributed by atoms with Crippen LogP contribution >= 0.6 is 0 Å². The van der Waals surface area contributed by atoms with Crippen LogP contribution in [0.1, 0.15) is 43.6 Å². The van der Waals surface area contributed by atoms with Gasteiger partial charge in [-0.25, -0.2) is 0 Å². The monoisotopic (exact) mass is 202 g/mol. The summed E-state index contributed by atoms with van der Waals surface area (Å²) in [6.45, 7) is 0.935. The van der Waals surface area contributed by atoms with Crippen LogP contribution in [0.15, 0.2) is 30.3 Å². The molecule has 1 aliphatic carbocycles. The Hall–Kier alpha value is -0.820. The van der Waals surface area contributed by atoms with Gasteiger partial charge in [-0.15, -0.1) is 0 Å². The highest BCUT2D eigenvalue weighted by molar-refractivity contribution is 5.21. The largest absolute Gasteiger partial charge is 0.374 e. The van der Waals surface area contributed by atoms with Crippen molar-refractivity contribution in [2.24, 2.45) is 0 Å². The zero-order chi connectivity index (χ0) is 10.1. The van der Waals surface area contributed by atoms with Gasteiger partial charge >= 0.3 is 0 Å². The molecule has 1 nitrogen and oxygen atoms in total. The Morgan fingerprint density at radius 3 is 2.53 bits per heavy atom. The maximum Gasteiger partial charge on any atom is 0.0689 e. The quantitative estimate of drug-likeness (QED) is 0.677. The van der Waals surface area contributed by atoms with Gasteiger partial charge in [0.2, 0.25) is 0 Å². The molecule has 1 aromatic rings. The first-order valence-corrected chi connectivity index (χ1v) is 6.07. The van der Waals surface area contributed by atoms with Crippen LogP contribution in [0, 0.1) is 0 Å². The van der Waals surface area contributed by atoms with E-state index in [0.717, 1.165) is 6.61 Å². The van der Waals surface area contributed by atoms with E-state index in [0.29, 0.717) is 5.92 Å². The van der Waals surface area contributed by atoms with Crippen LogP contribution < -0.4 is 0 Å². The molecule has 1 saturated carbocycles. The molecule has 0 aromatic heterocycles. The van der Waals surface area contributed by atoms with Crippen LogP contribution in [0.5, 0.6) is 0 Å². The number of benzene rings is 1. The van der Waals surface area contributed by atoms with Crippen LogP contribution in [-0.2, 0) is 4.74 Å². The van der Waals surface area contributed by atoms with Crippen molar-refractivity contribution in [3.63, 3.8) is 0 Å². The van der Waals surface area contributed by atoms with E-state index in [4.69, 9.17) is 4.74 Å². The maximum absolute atomic E-state index is 6.07. The second-order valence-electron chi connectivity index (χ2n) is 5.01. The summed E-state index contributed by atoms with van der Waals surface area (Å²) in [6.07, 6.45) is 6.55. The zero-order valence-corrected chi connectivity index (χ0v) is 9.11. The zero-order valence-electron chi connectivity index (χ0n) is 9.11. The van der Waals surface area contributed by atoms with Crippen molar-refractivity contribution >= 4 is 0 Å². The van der Waals surface area contributed by atoms with Crippen molar-refractivity contribution in [2.75, 3.05) is 6.61 Å². The molecule has 1 saturated heterocycles. The van der Waals surface area contributed by atoms with E-state index in [1.807, 2.05) is 0 Å². The van der Waals surface area contributed by atoms with Gasteiger partial charge in [0.05, 0.1) is 12.2 Å². The Kier molecular flexibility index (Phi) is 2.28. The molecule has 0 bridgehead atoms. The Bertz CT molecular complexity index is 324. The molecule has 1 heterocycles. The van der Waals surface area contributed by atoms with E-state index in [9.17, 15) is 0 Å². The molecule has 1 aliphatic heterocycles. The fraction of sp³-hybridized carbons (Fsp3) is 0.571. The van der Waals surface area contributed by atoms with Gasteiger partial charge < -0.3 is 4.74 Å². The summed E-state index contributed by atoms with van der Waals surface area (Å²) < 4.78 is 6.07. The number of hydrogen-bond acceptors (Lipinski definition) is 1. The Labute approximate surface area is 91.5 Å². The molecule has 1 atom stereocenters. The molecule has 2 aliphatic rings. The summed E-state index contributed by atoms with van der Waals surface area (Å²) in [4.78, 5) is 0. The third kappa shape index (κ3) is 1.69. The van der Waals surface area contributed by atoms with Gasteiger partial charge in [-0.3, -0.25) is 0 Å². The average Bonchev–Trinajstić information content (AvgIpc) is 2.91. The smallest absolute Gasteiger partial charge is 0.0689 e. The van der Waals surface area contributed by atoms with Gasteiger partial charge in [0.25, 0.3) is 0 Å². The molecule has 15 heavy (non-hydrogen) atoms.